The van der Waals surface area contributed by atoms with E-state index in [0.717, 1.165) is 37.6 Å². The van der Waals surface area contributed by atoms with Gasteiger partial charge in [0.05, 0.1) is 7.11 Å². The maximum Gasteiger partial charge on any atom is 0.260 e. The molecule has 0 bridgehead atoms. The predicted octanol–water partition coefficient (Wildman–Crippen LogP) is 2.78. The number of aromatic nitrogens is 2. The number of hydrogen-bond acceptors (Lipinski definition) is 5. The number of rotatable bonds is 8. The molecule has 0 spiro atoms. The summed E-state index contributed by atoms with van der Waals surface area (Å²) >= 11 is 0. The lowest BCUT2D eigenvalue weighted by Gasteiger charge is -2.34. The fourth-order valence-electron chi connectivity index (χ4n) is 3.78. The molecule has 0 aliphatic carbocycles. The van der Waals surface area contributed by atoms with E-state index in [2.05, 4.69) is 26.6 Å². The number of nitrogens with zero attached hydrogens (tertiary/aromatic N) is 4. The minimum absolute atomic E-state index is 0.00605. The predicted molar refractivity (Wildman–Crippen MR) is 119 cm³/mol. The summed E-state index contributed by atoms with van der Waals surface area (Å²) in [6.45, 7) is 4.96. The van der Waals surface area contributed by atoms with E-state index < -0.39 is 0 Å². The Bertz CT molecular complexity index is 981. The van der Waals surface area contributed by atoms with Gasteiger partial charge in [0, 0.05) is 57.2 Å². The molecular formula is C24H28N4O3. The molecule has 3 aromatic rings. The largest absolute Gasteiger partial charge is 0.493 e. The lowest BCUT2D eigenvalue weighted by atomic mass is 10.2. The summed E-state index contributed by atoms with van der Waals surface area (Å²) in [6.07, 6.45) is 3.87. The Balaban J connectivity index is 1.23. The number of benzene rings is 2. The van der Waals surface area contributed by atoms with Gasteiger partial charge in [-0.05, 0) is 12.1 Å². The second kappa shape index (κ2) is 10.1. The van der Waals surface area contributed by atoms with E-state index in [4.69, 9.17) is 9.47 Å². The highest BCUT2D eigenvalue weighted by Crippen LogP contribution is 2.25. The van der Waals surface area contributed by atoms with Crippen LogP contribution in [0.3, 0.4) is 0 Å². The second-order valence-electron chi connectivity index (χ2n) is 7.47. The number of amides is 1. The summed E-state index contributed by atoms with van der Waals surface area (Å²) in [5.74, 6) is 2.22. The van der Waals surface area contributed by atoms with E-state index in [1.165, 1.54) is 0 Å². The van der Waals surface area contributed by atoms with E-state index in [1.54, 1.807) is 7.11 Å². The van der Waals surface area contributed by atoms with Crippen molar-refractivity contribution in [1.29, 1.82) is 0 Å². The monoisotopic (exact) mass is 420 g/mol. The smallest absolute Gasteiger partial charge is 0.260 e. The number of methoxy groups -OCH3 is 1. The van der Waals surface area contributed by atoms with Crippen molar-refractivity contribution in [3.05, 3.63) is 67.0 Å². The Morgan fingerprint density at radius 3 is 2.39 bits per heavy atom. The van der Waals surface area contributed by atoms with Crippen LogP contribution in [0.2, 0.25) is 0 Å². The molecule has 7 heteroatoms. The SMILES string of the molecule is COc1ccccc1OCC(=O)N1CCN(CCn2ccnc2-c2ccccc2)CC1. The third-order valence-corrected chi connectivity index (χ3v) is 5.55. The summed E-state index contributed by atoms with van der Waals surface area (Å²) in [6, 6.07) is 17.6. The molecule has 1 aliphatic rings. The number of hydrogen-bond donors (Lipinski definition) is 0. The minimum Gasteiger partial charge on any atom is -0.493 e. The topological polar surface area (TPSA) is 59.8 Å². The van der Waals surface area contributed by atoms with Crippen molar-refractivity contribution in [2.24, 2.45) is 0 Å². The van der Waals surface area contributed by atoms with E-state index in [1.807, 2.05) is 59.8 Å². The van der Waals surface area contributed by atoms with E-state index in [0.29, 0.717) is 24.6 Å². The highest BCUT2D eigenvalue weighted by atomic mass is 16.5. The van der Waals surface area contributed by atoms with Crippen LogP contribution in [0.5, 0.6) is 11.5 Å². The molecule has 1 amide bonds. The van der Waals surface area contributed by atoms with Gasteiger partial charge in [-0.25, -0.2) is 4.98 Å². The summed E-state index contributed by atoms with van der Waals surface area (Å²) in [7, 11) is 1.59. The fourth-order valence-corrected chi connectivity index (χ4v) is 3.78. The number of piperazine rings is 1. The molecule has 162 valence electrons. The van der Waals surface area contributed by atoms with Gasteiger partial charge in [-0.2, -0.15) is 0 Å². The average Bonchev–Trinajstić information content (AvgIpc) is 3.31. The van der Waals surface area contributed by atoms with Crippen LogP contribution in [0.15, 0.2) is 67.0 Å². The van der Waals surface area contributed by atoms with Crippen LogP contribution in [-0.2, 0) is 11.3 Å². The van der Waals surface area contributed by atoms with E-state index in [-0.39, 0.29) is 12.5 Å². The molecule has 0 radical (unpaired) electrons. The average molecular weight is 421 g/mol. The van der Waals surface area contributed by atoms with Gasteiger partial charge in [0.2, 0.25) is 0 Å². The standard InChI is InChI=1S/C24H28N4O3/c1-30-21-9-5-6-10-22(21)31-19-23(29)27-16-13-26(14-17-27)15-18-28-12-11-25-24(28)20-7-3-2-4-8-20/h2-12H,13-19H2,1H3. The molecule has 0 unspecified atom stereocenters. The molecule has 1 aromatic heterocycles. The first-order valence-corrected chi connectivity index (χ1v) is 10.6. The molecule has 4 rings (SSSR count). The summed E-state index contributed by atoms with van der Waals surface area (Å²) in [5, 5.41) is 0. The quantitative estimate of drug-likeness (QED) is 0.561. The minimum atomic E-state index is 0.00605. The Morgan fingerprint density at radius 1 is 0.935 bits per heavy atom. The van der Waals surface area contributed by atoms with Crippen molar-refractivity contribution in [2.45, 2.75) is 6.54 Å². The highest BCUT2D eigenvalue weighted by molar-refractivity contribution is 5.78. The number of para-hydroxylation sites is 2. The van der Waals surface area contributed by atoms with Crippen LogP contribution in [0, 0.1) is 0 Å². The van der Waals surface area contributed by atoms with Gasteiger partial charge >= 0.3 is 0 Å². The first kappa shape index (κ1) is 20.9. The van der Waals surface area contributed by atoms with Crippen molar-refractivity contribution in [3.8, 4) is 22.9 Å². The van der Waals surface area contributed by atoms with Gasteiger partial charge in [0.25, 0.3) is 5.91 Å². The third kappa shape index (κ3) is 5.24. The summed E-state index contributed by atoms with van der Waals surface area (Å²) in [5.41, 5.74) is 1.12. The van der Waals surface area contributed by atoms with Crippen molar-refractivity contribution in [2.75, 3.05) is 46.4 Å². The molecule has 7 nitrogen and oxygen atoms in total. The number of carbonyl (C=O) groups is 1. The van der Waals surface area contributed by atoms with Crippen LogP contribution < -0.4 is 9.47 Å². The van der Waals surface area contributed by atoms with Gasteiger partial charge in [0.15, 0.2) is 18.1 Å². The Morgan fingerprint density at radius 2 is 1.65 bits per heavy atom. The van der Waals surface area contributed by atoms with Gasteiger partial charge in [-0.3, -0.25) is 9.69 Å². The summed E-state index contributed by atoms with van der Waals surface area (Å²) in [4.78, 5) is 21.3. The summed E-state index contributed by atoms with van der Waals surface area (Å²) < 4.78 is 13.1. The van der Waals surface area contributed by atoms with Crippen molar-refractivity contribution < 1.29 is 14.3 Å². The first-order chi connectivity index (χ1) is 15.2. The number of imidazole rings is 1. The zero-order chi connectivity index (χ0) is 21.5. The molecular weight excluding hydrogens is 392 g/mol. The lowest BCUT2D eigenvalue weighted by molar-refractivity contribution is -0.135. The molecule has 31 heavy (non-hydrogen) atoms. The molecule has 0 N–H and O–H groups in total. The molecule has 1 saturated heterocycles. The van der Waals surface area contributed by atoms with Crippen molar-refractivity contribution in [1.82, 2.24) is 19.4 Å². The van der Waals surface area contributed by atoms with E-state index in [9.17, 15) is 4.79 Å². The van der Waals surface area contributed by atoms with Crippen LogP contribution in [0.4, 0.5) is 0 Å². The normalized spacial score (nSPS) is 14.4. The van der Waals surface area contributed by atoms with Crippen LogP contribution in [0.1, 0.15) is 0 Å². The zero-order valence-electron chi connectivity index (χ0n) is 17.8. The zero-order valence-corrected chi connectivity index (χ0v) is 17.8. The van der Waals surface area contributed by atoms with Crippen molar-refractivity contribution in [3.63, 3.8) is 0 Å². The molecule has 2 aromatic carbocycles. The lowest BCUT2D eigenvalue weighted by Crippen LogP contribution is -2.50. The van der Waals surface area contributed by atoms with Crippen LogP contribution >= 0.6 is 0 Å². The maximum absolute atomic E-state index is 12.6. The number of ether oxygens (including phenoxy) is 2. The van der Waals surface area contributed by atoms with Gasteiger partial charge in [0.1, 0.15) is 5.82 Å². The molecule has 1 fully saturated rings. The van der Waals surface area contributed by atoms with Gasteiger partial charge < -0.3 is 18.9 Å². The second-order valence-corrected chi connectivity index (χ2v) is 7.47. The van der Waals surface area contributed by atoms with Gasteiger partial charge in [-0.1, -0.05) is 42.5 Å². The first-order valence-electron chi connectivity index (χ1n) is 10.6. The van der Waals surface area contributed by atoms with Crippen molar-refractivity contribution >= 4 is 5.91 Å². The molecule has 0 atom stereocenters. The Hall–Kier alpha value is -3.32. The molecule has 1 aliphatic heterocycles. The maximum atomic E-state index is 12.6. The Labute approximate surface area is 182 Å². The van der Waals surface area contributed by atoms with Gasteiger partial charge in [-0.15, -0.1) is 0 Å². The molecule has 0 saturated carbocycles. The highest BCUT2D eigenvalue weighted by Gasteiger charge is 2.21. The van der Waals surface area contributed by atoms with Crippen LogP contribution in [0.25, 0.3) is 11.4 Å². The van der Waals surface area contributed by atoms with Crippen LogP contribution in [-0.4, -0.2) is 71.7 Å². The third-order valence-electron chi connectivity index (χ3n) is 5.55. The van der Waals surface area contributed by atoms with E-state index >= 15 is 0 Å². The molecule has 2 heterocycles. The number of carbonyl (C=O) groups excluding carboxylic acids is 1. The Kier molecular flexibility index (Phi) is 6.84. The fraction of sp³-hybridized carbons (Fsp3) is 0.333.